The molecule has 0 bridgehead atoms. The minimum Gasteiger partial charge on any atom is -0.306 e. The van der Waals surface area contributed by atoms with Crippen LogP contribution in [0.4, 0.5) is 8.78 Å². The van der Waals surface area contributed by atoms with Crippen LogP contribution >= 0.6 is 0 Å². The molecule has 92 valence electrons. The first-order chi connectivity index (χ1) is 8.75. The summed E-state index contributed by atoms with van der Waals surface area (Å²) in [6, 6.07) is 12.0. The molecule has 0 fully saturated rings. The van der Waals surface area contributed by atoms with E-state index in [9.17, 15) is 8.78 Å². The Balaban J connectivity index is 1.91. The lowest BCUT2D eigenvalue weighted by Crippen LogP contribution is -2.16. The van der Waals surface area contributed by atoms with Gasteiger partial charge in [-0.3, -0.25) is 0 Å². The number of benzene rings is 2. The lowest BCUT2D eigenvalue weighted by Gasteiger charge is -2.13. The summed E-state index contributed by atoms with van der Waals surface area (Å²) in [7, 11) is 0. The standard InChI is InChI=1S/C15H13F2N/c16-13-6-3-7-14(17)12(13)8-15-11-5-2-1-4-10(11)9-18-15/h1-7,15,18H,8-9H2. The van der Waals surface area contributed by atoms with Gasteiger partial charge in [-0.05, 0) is 29.7 Å². The van der Waals surface area contributed by atoms with Gasteiger partial charge in [0.25, 0.3) is 0 Å². The van der Waals surface area contributed by atoms with Gasteiger partial charge in [-0.1, -0.05) is 30.3 Å². The Kier molecular flexibility index (Phi) is 2.84. The molecule has 1 heterocycles. The first kappa shape index (κ1) is 11.4. The smallest absolute Gasteiger partial charge is 0.129 e. The molecule has 0 aliphatic carbocycles. The van der Waals surface area contributed by atoms with E-state index in [0.717, 1.165) is 12.1 Å². The number of hydrogen-bond acceptors (Lipinski definition) is 1. The van der Waals surface area contributed by atoms with Crippen molar-refractivity contribution in [3.8, 4) is 0 Å². The summed E-state index contributed by atoms with van der Waals surface area (Å²) in [5, 5.41) is 3.29. The fourth-order valence-electron chi connectivity index (χ4n) is 2.49. The molecule has 0 saturated heterocycles. The molecule has 2 aromatic carbocycles. The monoisotopic (exact) mass is 245 g/mol. The highest BCUT2D eigenvalue weighted by molar-refractivity contribution is 5.35. The van der Waals surface area contributed by atoms with Crippen molar-refractivity contribution in [2.75, 3.05) is 0 Å². The molecule has 0 saturated carbocycles. The molecular weight excluding hydrogens is 232 g/mol. The van der Waals surface area contributed by atoms with E-state index in [2.05, 4.69) is 5.32 Å². The molecule has 1 aliphatic rings. The summed E-state index contributed by atoms with van der Waals surface area (Å²) in [4.78, 5) is 0. The van der Waals surface area contributed by atoms with Crippen LogP contribution in [0.2, 0.25) is 0 Å². The molecule has 3 rings (SSSR count). The maximum atomic E-state index is 13.6. The maximum absolute atomic E-state index is 13.6. The summed E-state index contributed by atoms with van der Waals surface area (Å²) in [6.07, 6.45) is 0.343. The second kappa shape index (κ2) is 4.50. The molecule has 1 atom stereocenters. The molecule has 2 aromatic rings. The Morgan fingerprint density at radius 3 is 2.50 bits per heavy atom. The van der Waals surface area contributed by atoms with Gasteiger partial charge in [-0.25, -0.2) is 8.78 Å². The average Bonchev–Trinajstić information content (AvgIpc) is 2.77. The van der Waals surface area contributed by atoms with Crippen LogP contribution in [0, 0.1) is 11.6 Å². The molecule has 0 radical (unpaired) electrons. The third kappa shape index (κ3) is 1.91. The Hall–Kier alpha value is -1.74. The van der Waals surface area contributed by atoms with Crippen molar-refractivity contribution < 1.29 is 8.78 Å². The van der Waals surface area contributed by atoms with Crippen LogP contribution in [0.1, 0.15) is 22.7 Å². The number of hydrogen-bond donors (Lipinski definition) is 1. The second-order valence-corrected chi connectivity index (χ2v) is 4.54. The lowest BCUT2D eigenvalue weighted by atomic mass is 9.98. The summed E-state index contributed by atoms with van der Waals surface area (Å²) < 4.78 is 27.2. The van der Waals surface area contributed by atoms with Crippen molar-refractivity contribution in [1.82, 2.24) is 5.32 Å². The zero-order valence-electron chi connectivity index (χ0n) is 9.79. The molecule has 0 aromatic heterocycles. The summed E-state index contributed by atoms with van der Waals surface area (Å²) in [5.74, 6) is -0.942. The molecule has 0 spiro atoms. The fourth-order valence-corrected chi connectivity index (χ4v) is 2.49. The van der Waals surface area contributed by atoms with Gasteiger partial charge in [0.2, 0.25) is 0 Å². The van der Waals surface area contributed by atoms with Crippen molar-refractivity contribution in [2.45, 2.75) is 19.0 Å². The zero-order chi connectivity index (χ0) is 12.5. The maximum Gasteiger partial charge on any atom is 0.129 e. The van der Waals surface area contributed by atoms with E-state index >= 15 is 0 Å². The molecular formula is C15H13F2N. The molecule has 1 nitrogen and oxygen atoms in total. The van der Waals surface area contributed by atoms with E-state index in [1.165, 1.54) is 23.8 Å². The van der Waals surface area contributed by atoms with E-state index < -0.39 is 11.6 Å². The van der Waals surface area contributed by atoms with E-state index in [0.29, 0.717) is 6.42 Å². The quantitative estimate of drug-likeness (QED) is 0.855. The van der Waals surface area contributed by atoms with Crippen molar-refractivity contribution in [3.05, 3.63) is 70.8 Å². The third-order valence-corrected chi connectivity index (χ3v) is 3.44. The highest BCUT2D eigenvalue weighted by atomic mass is 19.1. The highest BCUT2D eigenvalue weighted by Crippen LogP contribution is 2.29. The van der Waals surface area contributed by atoms with E-state index in [-0.39, 0.29) is 11.6 Å². The molecule has 0 amide bonds. The van der Waals surface area contributed by atoms with Crippen LogP contribution in [-0.2, 0) is 13.0 Å². The predicted octanol–water partition coefficient (Wildman–Crippen LogP) is 3.35. The van der Waals surface area contributed by atoms with Gasteiger partial charge in [0.1, 0.15) is 11.6 Å². The van der Waals surface area contributed by atoms with E-state index in [1.54, 1.807) is 0 Å². The molecule has 18 heavy (non-hydrogen) atoms. The topological polar surface area (TPSA) is 12.0 Å². The van der Waals surface area contributed by atoms with Crippen molar-refractivity contribution in [2.24, 2.45) is 0 Å². The lowest BCUT2D eigenvalue weighted by molar-refractivity contribution is 0.513. The van der Waals surface area contributed by atoms with Crippen molar-refractivity contribution >= 4 is 0 Å². The SMILES string of the molecule is Fc1cccc(F)c1CC1NCc2ccccc21. The second-order valence-electron chi connectivity index (χ2n) is 4.54. The fraction of sp³-hybridized carbons (Fsp3) is 0.200. The normalized spacial score (nSPS) is 17.8. The predicted molar refractivity (Wildman–Crippen MR) is 66.1 cm³/mol. The molecule has 3 heteroatoms. The average molecular weight is 245 g/mol. The van der Waals surface area contributed by atoms with Crippen LogP contribution in [0.5, 0.6) is 0 Å². The minimum atomic E-state index is -0.471. The van der Waals surface area contributed by atoms with Crippen LogP contribution in [-0.4, -0.2) is 0 Å². The van der Waals surface area contributed by atoms with Gasteiger partial charge in [0.15, 0.2) is 0 Å². The van der Waals surface area contributed by atoms with Gasteiger partial charge in [-0.15, -0.1) is 0 Å². The molecule has 1 unspecified atom stereocenters. The third-order valence-electron chi connectivity index (χ3n) is 3.44. The first-order valence-electron chi connectivity index (χ1n) is 6.00. The van der Waals surface area contributed by atoms with Gasteiger partial charge in [0.05, 0.1) is 0 Å². The summed E-state index contributed by atoms with van der Waals surface area (Å²) in [6.45, 7) is 0.761. The highest BCUT2D eigenvalue weighted by Gasteiger charge is 2.23. The van der Waals surface area contributed by atoms with Crippen LogP contribution in [0.25, 0.3) is 0 Å². The number of rotatable bonds is 2. The Bertz CT molecular complexity index is 560. The Morgan fingerprint density at radius 2 is 1.72 bits per heavy atom. The molecule has 1 aliphatic heterocycles. The minimum absolute atomic E-state index is 0.00685. The van der Waals surface area contributed by atoms with E-state index in [4.69, 9.17) is 0 Å². The van der Waals surface area contributed by atoms with Gasteiger partial charge in [0, 0.05) is 18.2 Å². The van der Waals surface area contributed by atoms with Crippen molar-refractivity contribution in [3.63, 3.8) is 0 Å². The van der Waals surface area contributed by atoms with Crippen LogP contribution in [0.3, 0.4) is 0 Å². The zero-order valence-corrected chi connectivity index (χ0v) is 9.79. The summed E-state index contributed by atoms with van der Waals surface area (Å²) in [5.41, 5.74) is 2.51. The number of nitrogens with one attached hydrogen (secondary N) is 1. The first-order valence-corrected chi connectivity index (χ1v) is 6.00. The number of halogens is 2. The largest absolute Gasteiger partial charge is 0.306 e. The number of fused-ring (bicyclic) bond motifs is 1. The summed E-state index contributed by atoms with van der Waals surface area (Å²) >= 11 is 0. The van der Waals surface area contributed by atoms with E-state index in [1.807, 2.05) is 24.3 Å². The van der Waals surface area contributed by atoms with Crippen molar-refractivity contribution in [1.29, 1.82) is 0 Å². The van der Waals surface area contributed by atoms with Gasteiger partial charge in [-0.2, -0.15) is 0 Å². The van der Waals surface area contributed by atoms with Gasteiger partial charge < -0.3 is 5.32 Å². The van der Waals surface area contributed by atoms with Gasteiger partial charge >= 0.3 is 0 Å². The van der Waals surface area contributed by atoms with Crippen LogP contribution in [0.15, 0.2) is 42.5 Å². The molecule has 1 N–H and O–H groups in total. The van der Waals surface area contributed by atoms with Crippen LogP contribution < -0.4 is 5.32 Å². The Morgan fingerprint density at radius 1 is 1.00 bits per heavy atom. The Labute approximate surface area is 104 Å².